The Hall–Kier alpha value is -2.82. The van der Waals surface area contributed by atoms with Crippen molar-refractivity contribution in [2.24, 2.45) is 5.92 Å². The second-order valence-corrected chi connectivity index (χ2v) is 6.80. The third kappa shape index (κ3) is 7.13. The smallest absolute Gasteiger partial charge is 0.347 e. The van der Waals surface area contributed by atoms with E-state index in [1.54, 1.807) is 31.2 Å². The first kappa shape index (κ1) is 20.5. The third-order valence-corrected chi connectivity index (χ3v) is 3.86. The van der Waals surface area contributed by atoms with Crippen LogP contribution in [0.2, 0.25) is 0 Å². The number of carbonyl (C=O) groups is 2. The molecule has 0 unspecified atom stereocenters. The monoisotopic (exact) mass is 369 g/mol. The maximum absolute atomic E-state index is 12.2. The summed E-state index contributed by atoms with van der Waals surface area (Å²) in [6, 6.07) is 16.7. The standard InChI is InChI=1S/C22H27NO4/c1-16(2)15-26-22(25)17(3)27-20-11-9-19(10-12-20)21(24)23-14-13-18-7-5-4-6-8-18/h4-12,16-17H,13-15H2,1-3H3,(H,23,24)/t17-/m0/s1. The van der Waals surface area contributed by atoms with E-state index in [0.717, 1.165) is 6.42 Å². The Morgan fingerprint density at radius 2 is 1.63 bits per heavy atom. The number of carbonyl (C=O) groups excluding carboxylic acids is 2. The molecule has 0 saturated carbocycles. The number of benzene rings is 2. The topological polar surface area (TPSA) is 64.6 Å². The Bertz CT molecular complexity index is 726. The highest BCUT2D eigenvalue weighted by Gasteiger charge is 2.17. The molecular weight excluding hydrogens is 342 g/mol. The fourth-order valence-electron chi connectivity index (χ4n) is 2.37. The minimum Gasteiger partial charge on any atom is -0.479 e. The summed E-state index contributed by atoms with van der Waals surface area (Å²) in [5, 5.41) is 2.90. The van der Waals surface area contributed by atoms with Gasteiger partial charge in [0.05, 0.1) is 6.61 Å². The predicted octanol–water partition coefficient (Wildman–Crippen LogP) is 3.63. The lowest BCUT2D eigenvalue weighted by Gasteiger charge is -2.15. The zero-order valence-electron chi connectivity index (χ0n) is 16.1. The highest BCUT2D eigenvalue weighted by molar-refractivity contribution is 5.94. The van der Waals surface area contributed by atoms with Crippen molar-refractivity contribution in [2.75, 3.05) is 13.2 Å². The van der Waals surface area contributed by atoms with Gasteiger partial charge in [0.2, 0.25) is 0 Å². The lowest BCUT2D eigenvalue weighted by atomic mass is 10.1. The number of hydrogen-bond donors (Lipinski definition) is 1. The van der Waals surface area contributed by atoms with Crippen molar-refractivity contribution >= 4 is 11.9 Å². The van der Waals surface area contributed by atoms with Gasteiger partial charge >= 0.3 is 5.97 Å². The van der Waals surface area contributed by atoms with Crippen molar-refractivity contribution in [3.63, 3.8) is 0 Å². The molecule has 0 aliphatic heterocycles. The van der Waals surface area contributed by atoms with Crippen LogP contribution >= 0.6 is 0 Å². The molecule has 144 valence electrons. The van der Waals surface area contributed by atoms with E-state index in [9.17, 15) is 9.59 Å². The van der Waals surface area contributed by atoms with Crippen LogP contribution < -0.4 is 10.1 Å². The predicted molar refractivity (Wildman–Crippen MR) is 105 cm³/mol. The average Bonchev–Trinajstić information content (AvgIpc) is 2.67. The van der Waals surface area contributed by atoms with Crippen molar-refractivity contribution in [3.05, 3.63) is 65.7 Å². The van der Waals surface area contributed by atoms with Crippen LogP contribution in [-0.4, -0.2) is 31.1 Å². The van der Waals surface area contributed by atoms with Crippen LogP contribution in [0, 0.1) is 5.92 Å². The molecule has 0 heterocycles. The van der Waals surface area contributed by atoms with Crippen molar-refractivity contribution in [1.82, 2.24) is 5.32 Å². The molecule has 5 nitrogen and oxygen atoms in total. The first-order valence-electron chi connectivity index (χ1n) is 9.21. The van der Waals surface area contributed by atoms with Gasteiger partial charge in [0, 0.05) is 12.1 Å². The van der Waals surface area contributed by atoms with E-state index in [2.05, 4.69) is 5.32 Å². The van der Waals surface area contributed by atoms with E-state index in [-0.39, 0.29) is 11.8 Å². The van der Waals surface area contributed by atoms with Crippen molar-refractivity contribution in [3.8, 4) is 5.75 Å². The second-order valence-electron chi connectivity index (χ2n) is 6.80. The summed E-state index contributed by atoms with van der Waals surface area (Å²) in [5.41, 5.74) is 1.73. The van der Waals surface area contributed by atoms with Crippen molar-refractivity contribution in [2.45, 2.75) is 33.3 Å². The average molecular weight is 369 g/mol. The van der Waals surface area contributed by atoms with E-state index >= 15 is 0 Å². The van der Waals surface area contributed by atoms with E-state index in [4.69, 9.17) is 9.47 Å². The molecule has 5 heteroatoms. The lowest BCUT2D eigenvalue weighted by molar-refractivity contribution is -0.152. The van der Waals surface area contributed by atoms with E-state index in [1.165, 1.54) is 5.56 Å². The van der Waals surface area contributed by atoms with Gasteiger partial charge in [-0.15, -0.1) is 0 Å². The maximum atomic E-state index is 12.2. The van der Waals surface area contributed by atoms with Crippen LogP contribution in [-0.2, 0) is 16.0 Å². The lowest BCUT2D eigenvalue weighted by Crippen LogP contribution is -2.27. The Balaban J connectivity index is 1.79. The minimum atomic E-state index is -0.700. The summed E-state index contributed by atoms with van der Waals surface area (Å²) in [6.45, 7) is 6.53. The maximum Gasteiger partial charge on any atom is 0.347 e. The highest BCUT2D eigenvalue weighted by Crippen LogP contribution is 2.14. The van der Waals surface area contributed by atoms with Crippen LogP contribution in [0.25, 0.3) is 0 Å². The Labute approximate surface area is 160 Å². The molecular formula is C22H27NO4. The van der Waals surface area contributed by atoms with Gasteiger partial charge in [0.25, 0.3) is 5.91 Å². The van der Waals surface area contributed by atoms with Gasteiger partial charge in [0.15, 0.2) is 6.10 Å². The summed E-state index contributed by atoms with van der Waals surface area (Å²) in [4.78, 5) is 24.1. The molecule has 0 aromatic heterocycles. The minimum absolute atomic E-state index is 0.137. The molecule has 1 N–H and O–H groups in total. The number of esters is 1. The highest BCUT2D eigenvalue weighted by atomic mass is 16.6. The largest absolute Gasteiger partial charge is 0.479 e. The molecule has 0 saturated heterocycles. The summed E-state index contributed by atoms with van der Waals surface area (Å²) < 4.78 is 10.7. The fraction of sp³-hybridized carbons (Fsp3) is 0.364. The molecule has 0 aliphatic carbocycles. The van der Waals surface area contributed by atoms with Crippen molar-refractivity contribution in [1.29, 1.82) is 0 Å². The number of nitrogens with one attached hydrogen (secondary N) is 1. The Kier molecular flexibility index (Phi) is 7.86. The van der Waals surface area contributed by atoms with Gasteiger partial charge in [-0.25, -0.2) is 4.79 Å². The number of ether oxygens (including phenoxy) is 2. The number of rotatable bonds is 9. The van der Waals surface area contributed by atoms with Crippen LogP contribution in [0.1, 0.15) is 36.7 Å². The zero-order valence-corrected chi connectivity index (χ0v) is 16.1. The molecule has 27 heavy (non-hydrogen) atoms. The van der Waals surface area contributed by atoms with E-state index in [1.807, 2.05) is 44.2 Å². The van der Waals surface area contributed by atoms with E-state index < -0.39 is 12.1 Å². The number of amides is 1. The summed E-state index contributed by atoms with van der Waals surface area (Å²) in [5.74, 6) is 0.263. The Morgan fingerprint density at radius 1 is 0.963 bits per heavy atom. The molecule has 2 aromatic rings. The Morgan fingerprint density at radius 3 is 2.26 bits per heavy atom. The number of hydrogen-bond acceptors (Lipinski definition) is 4. The van der Waals surface area contributed by atoms with Crippen LogP contribution in [0.4, 0.5) is 0 Å². The molecule has 2 aromatic carbocycles. The molecule has 0 bridgehead atoms. The molecule has 0 spiro atoms. The normalized spacial score (nSPS) is 11.7. The molecule has 1 amide bonds. The van der Waals surface area contributed by atoms with Gasteiger partial charge in [-0.05, 0) is 49.1 Å². The zero-order chi connectivity index (χ0) is 19.6. The molecule has 2 rings (SSSR count). The summed E-state index contributed by atoms with van der Waals surface area (Å²) in [7, 11) is 0. The first-order chi connectivity index (χ1) is 13.0. The van der Waals surface area contributed by atoms with Gasteiger partial charge in [-0.3, -0.25) is 4.79 Å². The van der Waals surface area contributed by atoms with Crippen molar-refractivity contribution < 1.29 is 19.1 Å². The SMILES string of the molecule is CC(C)COC(=O)[C@H](C)Oc1ccc(C(=O)NCCc2ccccc2)cc1. The first-order valence-corrected chi connectivity index (χ1v) is 9.21. The van der Waals surface area contributed by atoms with E-state index in [0.29, 0.717) is 24.5 Å². The third-order valence-electron chi connectivity index (χ3n) is 3.86. The quantitative estimate of drug-likeness (QED) is 0.686. The molecule has 0 radical (unpaired) electrons. The van der Waals surface area contributed by atoms with Gasteiger partial charge < -0.3 is 14.8 Å². The van der Waals surface area contributed by atoms with Crippen LogP contribution in [0.5, 0.6) is 5.75 Å². The molecule has 0 fully saturated rings. The summed E-state index contributed by atoms with van der Waals surface area (Å²) in [6.07, 6.45) is 0.0818. The van der Waals surface area contributed by atoms with Crippen LogP contribution in [0.15, 0.2) is 54.6 Å². The molecule has 1 atom stereocenters. The van der Waals surface area contributed by atoms with Gasteiger partial charge in [-0.2, -0.15) is 0 Å². The second kappa shape index (κ2) is 10.4. The van der Waals surface area contributed by atoms with Gasteiger partial charge in [-0.1, -0.05) is 44.2 Å². The summed E-state index contributed by atoms with van der Waals surface area (Å²) >= 11 is 0. The van der Waals surface area contributed by atoms with Crippen LogP contribution in [0.3, 0.4) is 0 Å². The van der Waals surface area contributed by atoms with Gasteiger partial charge in [0.1, 0.15) is 5.75 Å². The fourth-order valence-corrected chi connectivity index (χ4v) is 2.37. The molecule has 0 aliphatic rings.